The summed E-state index contributed by atoms with van der Waals surface area (Å²) in [6.07, 6.45) is 1.85. The quantitative estimate of drug-likeness (QED) is 0.742. The standard InChI is InChI=1S/C17H20BrNO3/c1-11-10-19-16(21-11)14(9-15(20)22-17(2,3)4)12-6-5-7-13(18)8-12/h5-8,10,14H,9H2,1-4H3. The maximum atomic E-state index is 12.2. The van der Waals surface area contributed by atoms with Gasteiger partial charge >= 0.3 is 5.97 Å². The van der Waals surface area contributed by atoms with Gasteiger partial charge in [-0.3, -0.25) is 4.79 Å². The minimum atomic E-state index is -0.509. The van der Waals surface area contributed by atoms with Crippen LogP contribution >= 0.6 is 15.9 Å². The molecule has 1 unspecified atom stereocenters. The number of carbonyl (C=O) groups is 1. The Morgan fingerprint density at radius 1 is 1.41 bits per heavy atom. The van der Waals surface area contributed by atoms with Crippen LogP contribution in [0.2, 0.25) is 0 Å². The fraction of sp³-hybridized carbons (Fsp3) is 0.412. The first kappa shape index (κ1) is 16.7. The van der Waals surface area contributed by atoms with Gasteiger partial charge in [-0.15, -0.1) is 0 Å². The summed E-state index contributed by atoms with van der Waals surface area (Å²) in [5.41, 5.74) is 0.452. The van der Waals surface area contributed by atoms with Gasteiger partial charge in [-0.2, -0.15) is 0 Å². The van der Waals surface area contributed by atoms with Crippen LogP contribution in [-0.2, 0) is 9.53 Å². The van der Waals surface area contributed by atoms with Crippen LogP contribution in [0.4, 0.5) is 0 Å². The van der Waals surface area contributed by atoms with Crippen molar-refractivity contribution in [2.75, 3.05) is 0 Å². The van der Waals surface area contributed by atoms with Crippen LogP contribution in [-0.4, -0.2) is 16.6 Å². The van der Waals surface area contributed by atoms with Crippen molar-refractivity contribution in [1.82, 2.24) is 4.98 Å². The molecule has 4 nitrogen and oxygen atoms in total. The van der Waals surface area contributed by atoms with Crippen LogP contribution in [0.25, 0.3) is 0 Å². The van der Waals surface area contributed by atoms with Gasteiger partial charge in [-0.05, 0) is 45.4 Å². The average Bonchev–Trinajstić information content (AvgIpc) is 2.80. The van der Waals surface area contributed by atoms with Gasteiger partial charge in [-0.1, -0.05) is 28.1 Å². The van der Waals surface area contributed by atoms with Crippen molar-refractivity contribution in [3.05, 3.63) is 52.1 Å². The molecule has 2 aromatic rings. The summed E-state index contributed by atoms with van der Waals surface area (Å²) in [5, 5.41) is 0. The summed E-state index contributed by atoms with van der Waals surface area (Å²) in [4.78, 5) is 16.5. The molecule has 0 fully saturated rings. The summed E-state index contributed by atoms with van der Waals surface area (Å²) < 4.78 is 12.0. The SMILES string of the molecule is Cc1cnc(C(CC(=O)OC(C)(C)C)c2cccc(Br)c2)o1. The van der Waals surface area contributed by atoms with Crippen LogP contribution in [0.5, 0.6) is 0 Å². The van der Waals surface area contributed by atoms with Crippen molar-refractivity contribution in [2.24, 2.45) is 0 Å². The molecule has 118 valence electrons. The number of oxazole rings is 1. The summed E-state index contributed by atoms with van der Waals surface area (Å²) in [6, 6.07) is 7.79. The fourth-order valence-corrected chi connectivity index (χ4v) is 2.57. The van der Waals surface area contributed by atoms with Gasteiger partial charge in [0.1, 0.15) is 11.4 Å². The summed E-state index contributed by atoms with van der Waals surface area (Å²) in [6.45, 7) is 7.40. The van der Waals surface area contributed by atoms with Gasteiger partial charge in [0.25, 0.3) is 0 Å². The van der Waals surface area contributed by atoms with E-state index in [0.29, 0.717) is 5.89 Å². The predicted molar refractivity (Wildman–Crippen MR) is 87.7 cm³/mol. The van der Waals surface area contributed by atoms with Crippen LogP contribution in [0, 0.1) is 6.92 Å². The molecular weight excluding hydrogens is 346 g/mol. The number of carbonyl (C=O) groups excluding carboxylic acids is 1. The zero-order valence-corrected chi connectivity index (χ0v) is 14.8. The van der Waals surface area contributed by atoms with Crippen LogP contribution in [0.15, 0.2) is 39.4 Å². The molecule has 2 rings (SSSR count). The summed E-state index contributed by atoms with van der Waals surface area (Å²) in [5.74, 6) is 0.718. The number of ether oxygens (including phenoxy) is 1. The van der Waals surface area contributed by atoms with Gasteiger partial charge in [0.05, 0.1) is 18.5 Å². The number of benzene rings is 1. The third-order valence-corrected chi connectivity index (χ3v) is 3.47. The highest BCUT2D eigenvalue weighted by Crippen LogP contribution is 2.30. The van der Waals surface area contributed by atoms with Gasteiger partial charge in [0.15, 0.2) is 0 Å². The molecule has 0 N–H and O–H groups in total. The molecule has 0 saturated heterocycles. The van der Waals surface area contributed by atoms with E-state index in [1.54, 1.807) is 6.20 Å². The molecule has 0 amide bonds. The maximum absolute atomic E-state index is 12.2. The molecule has 0 radical (unpaired) electrons. The molecular formula is C17H20BrNO3. The number of hydrogen-bond acceptors (Lipinski definition) is 4. The lowest BCUT2D eigenvalue weighted by Gasteiger charge is -2.21. The fourth-order valence-electron chi connectivity index (χ4n) is 2.15. The van der Waals surface area contributed by atoms with E-state index in [-0.39, 0.29) is 18.3 Å². The first-order valence-electron chi connectivity index (χ1n) is 7.14. The molecule has 1 aromatic heterocycles. The Balaban J connectivity index is 2.28. The highest BCUT2D eigenvalue weighted by molar-refractivity contribution is 9.10. The van der Waals surface area contributed by atoms with E-state index in [0.717, 1.165) is 15.8 Å². The van der Waals surface area contributed by atoms with Crippen molar-refractivity contribution < 1.29 is 13.9 Å². The number of nitrogens with zero attached hydrogens (tertiary/aromatic N) is 1. The zero-order chi connectivity index (χ0) is 16.3. The molecule has 5 heteroatoms. The zero-order valence-electron chi connectivity index (χ0n) is 13.2. The largest absolute Gasteiger partial charge is 0.460 e. The maximum Gasteiger partial charge on any atom is 0.307 e. The molecule has 1 atom stereocenters. The summed E-state index contributed by atoms with van der Waals surface area (Å²) in [7, 11) is 0. The summed E-state index contributed by atoms with van der Waals surface area (Å²) >= 11 is 3.46. The second-order valence-corrected chi connectivity index (χ2v) is 7.12. The first-order valence-corrected chi connectivity index (χ1v) is 7.93. The molecule has 0 aliphatic rings. The van der Waals surface area contributed by atoms with E-state index < -0.39 is 5.60 Å². The van der Waals surface area contributed by atoms with Gasteiger partial charge in [0, 0.05) is 4.47 Å². The highest BCUT2D eigenvalue weighted by atomic mass is 79.9. The number of rotatable bonds is 4. The third-order valence-electron chi connectivity index (χ3n) is 2.98. The number of halogens is 1. The van der Waals surface area contributed by atoms with Gasteiger partial charge in [0.2, 0.25) is 5.89 Å². The Kier molecular flexibility index (Phi) is 5.06. The topological polar surface area (TPSA) is 52.3 Å². The Hall–Kier alpha value is -1.62. The normalized spacial score (nSPS) is 13.0. The molecule has 0 spiro atoms. The van der Waals surface area contributed by atoms with E-state index in [2.05, 4.69) is 20.9 Å². The number of aromatic nitrogens is 1. The molecule has 0 aliphatic carbocycles. The van der Waals surface area contributed by atoms with Crippen LogP contribution in [0.3, 0.4) is 0 Å². The van der Waals surface area contributed by atoms with Crippen molar-refractivity contribution in [3.63, 3.8) is 0 Å². The average molecular weight is 366 g/mol. The molecule has 22 heavy (non-hydrogen) atoms. The number of esters is 1. The molecule has 0 saturated carbocycles. The molecule has 0 aliphatic heterocycles. The van der Waals surface area contributed by atoms with E-state index in [9.17, 15) is 4.79 Å². The van der Waals surface area contributed by atoms with Gasteiger partial charge < -0.3 is 9.15 Å². The Morgan fingerprint density at radius 3 is 2.68 bits per heavy atom. The van der Waals surface area contributed by atoms with Crippen LogP contribution < -0.4 is 0 Å². The highest BCUT2D eigenvalue weighted by Gasteiger charge is 2.26. The van der Waals surface area contributed by atoms with E-state index in [4.69, 9.17) is 9.15 Å². The third kappa shape index (κ3) is 4.70. The van der Waals surface area contributed by atoms with Gasteiger partial charge in [-0.25, -0.2) is 4.98 Å². The van der Waals surface area contributed by atoms with E-state index in [1.165, 1.54) is 0 Å². The minimum Gasteiger partial charge on any atom is -0.460 e. The van der Waals surface area contributed by atoms with Crippen molar-refractivity contribution >= 4 is 21.9 Å². The first-order chi connectivity index (χ1) is 10.2. The van der Waals surface area contributed by atoms with Crippen molar-refractivity contribution in [3.8, 4) is 0 Å². The molecule has 1 aromatic carbocycles. The second kappa shape index (κ2) is 6.65. The van der Waals surface area contributed by atoms with Crippen molar-refractivity contribution in [1.29, 1.82) is 0 Å². The lowest BCUT2D eigenvalue weighted by Crippen LogP contribution is -2.25. The number of hydrogen-bond donors (Lipinski definition) is 0. The molecule has 0 bridgehead atoms. The van der Waals surface area contributed by atoms with Crippen molar-refractivity contribution in [2.45, 2.75) is 45.6 Å². The van der Waals surface area contributed by atoms with Crippen LogP contribution in [0.1, 0.15) is 50.3 Å². The lowest BCUT2D eigenvalue weighted by atomic mass is 9.95. The monoisotopic (exact) mass is 365 g/mol. The number of aryl methyl sites for hydroxylation is 1. The minimum absolute atomic E-state index is 0.188. The Bertz CT molecular complexity index is 658. The Morgan fingerprint density at radius 2 is 2.14 bits per heavy atom. The smallest absolute Gasteiger partial charge is 0.307 e. The predicted octanol–water partition coefficient (Wildman–Crippen LogP) is 4.61. The van der Waals surface area contributed by atoms with E-state index >= 15 is 0 Å². The lowest BCUT2D eigenvalue weighted by molar-refractivity contribution is -0.155. The second-order valence-electron chi connectivity index (χ2n) is 6.21. The molecule has 1 heterocycles. The van der Waals surface area contributed by atoms with E-state index in [1.807, 2.05) is 52.0 Å². The Labute approximate surface area is 139 Å².